The summed E-state index contributed by atoms with van der Waals surface area (Å²) in [6.45, 7) is 5.14. The number of hydrogen-bond donors (Lipinski definition) is 1. The van der Waals surface area contributed by atoms with E-state index in [4.69, 9.17) is 11.6 Å². The van der Waals surface area contributed by atoms with E-state index >= 15 is 0 Å². The van der Waals surface area contributed by atoms with E-state index in [1.165, 1.54) is 0 Å². The van der Waals surface area contributed by atoms with Crippen molar-refractivity contribution in [1.29, 1.82) is 0 Å². The monoisotopic (exact) mass is 329 g/mol. The summed E-state index contributed by atoms with van der Waals surface area (Å²) in [6.07, 6.45) is 5.03. The molecule has 0 aliphatic carbocycles. The molecule has 0 spiro atoms. The minimum absolute atomic E-state index is 0.0321. The van der Waals surface area contributed by atoms with Gasteiger partial charge in [0.25, 0.3) is 0 Å². The van der Waals surface area contributed by atoms with Crippen LogP contribution in [-0.2, 0) is 4.79 Å². The molecule has 0 aliphatic heterocycles. The molecule has 0 radical (unpaired) electrons. The van der Waals surface area contributed by atoms with Crippen LogP contribution in [0, 0.1) is 0 Å². The van der Waals surface area contributed by atoms with Gasteiger partial charge in [-0.25, -0.2) is 0 Å². The van der Waals surface area contributed by atoms with Gasteiger partial charge in [-0.2, -0.15) is 5.10 Å². The van der Waals surface area contributed by atoms with Crippen LogP contribution in [0.3, 0.4) is 0 Å². The Kier molecular flexibility index (Phi) is 5.60. The van der Waals surface area contributed by atoms with Crippen LogP contribution < -0.4 is 0 Å². The minimum atomic E-state index is -0.305. The number of allylic oxidation sites excluding steroid dienone is 4. The fraction of sp³-hybridized carbons (Fsp3) is 0.176. The molecule has 0 saturated heterocycles. The van der Waals surface area contributed by atoms with Crippen LogP contribution in [0.4, 0.5) is 0 Å². The Balaban J connectivity index is 2.07. The zero-order valence-electron chi connectivity index (χ0n) is 12.7. The predicted molar refractivity (Wildman–Crippen MR) is 91.9 cm³/mol. The van der Waals surface area contributed by atoms with E-state index in [1.54, 1.807) is 43.5 Å². The van der Waals surface area contributed by atoms with Gasteiger partial charge in [0, 0.05) is 23.8 Å². The normalized spacial score (nSPS) is 12.4. The number of H-pyrrole nitrogens is 1. The van der Waals surface area contributed by atoms with Crippen LogP contribution in [0.5, 0.6) is 0 Å². The first-order valence-electron chi connectivity index (χ1n) is 7.05. The Hall–Kier alpha value is -2.53. The maximum Gasteiger partial charge on any atom is 0.183 e. The van der Waals surface area contributed by atoms with Gasteiger partial charge in [0.1, 0.15) is 5.70 Å². The molecular weight excluding hydrogens is 314 g/mol. The molecule has 1 N–H and O–H groups in total. The summed E-state index contributed by atoms with van der Waals surface area (Å²) < 4.78 is 0. The van der Waals surface area contributed by atoms with Gasteiger partial charge in [-0.1, -0.05) is 17.7 Å². The number of rotatable bonds is 7. The lowest BCUT2D eigenvalue weighted by atomic mass is 10.0. The first-order valence-corrected chi connectivity index (χ1v) is 7.43. The molecule has 1 aromatic carbocycles. The van der Waals surface area contributed by atoms with E-state index in [2.05, 4.69) is 21.9 Å². The molecular formula is C17H16ClN3O2. The van der Waals surface area contributed by atoms with Gasteiger partial charge in [-0.05, 0) is 37.9 Å². The van der Waals surface area contributed by atoms with Gasteiger partial charge >= 0.3 is 0 Å². The second-order valence-electron chi connectivity index (χ2n) is 4.87. The highest BCUT2D eigenvalue weighted by atomic mass is 35.5. The number of benzene rings is 1. The summed E-state index contributed by atoms with van der Waals surface area (Å²) in [7, 11) is 0. The predicted octanol–water partition coefficient (Wildman–Crippen LogP) is 3.82. The molecule has 1 aromatic heterocycles. The number of fused-ring (bicyclic) bond motifs is 1. The topological polar surface area (TPSA) is 75.2 Å². The molecule has 1 heterocycles. The quantitative estimate of drug-likeness (QED) is 0.363. The molecule has 5 nitrogen and oxygen atoms in total. The van der Waals surface area contributed by atoms with Crippen molar-refractivity contribution < 1.29 is 9.59 Å². The number of nitrogens with one attached hydrogen (secondary N) is 1. The van der Waals surface area contributed by atoms with Gasteiger partial charge in [-0.3, -0.25) is 19.7 Å². The molecule has 23 heavy (non-hydrogen) atoms. The van der Waals surface area contributed by atoms with Crippen molar-refractivity contribution in [1.82, 2.24) is 10.2 Å². The van der Waals surface area contributed by atoms with Crippen LogP contribution in [0.2, 0.25) is 0 Å². The Labute approximate surface area is 138 Å². The third kappa shape index (κ3) is 4.02. The van der Waals surface area contributed by atoms with E-state index < -0.39 is 0 Å². The third-order valence-corrected chi connectivity index (χ3v) is 3.61. The zero-order valence-corrected chi connectivity index (χ0v) is 13.4. The highest BCUT2D eigenvalue weighted by molar-refractivity contribution is 6.33. The molecule has 0 unspecified atom stereocenters. The van der Waals surface area contributed by atoms with Gasteiger partial charge in [-0.15, -0.1) is 0 Å². The maximum absolute atomic E-state index is 12.2. The van der Waals surface area contributed by atoms with Gasteiger partial charge in [0.05, 0.1) is 16.7 Å². The van der Waals surface area contributed by atoms with Crippen LogP contribution in [0.15, 0.2) is 52.3 Å². The number of nitrogens with zero attached hydrogens (tertiary/aromatic N) is 2. The van der Waals surface area contributed by atoms with Gasteiger partial charge in [0.2, 0.25) is 0 Å². The van der Waals surface area contributed by atoms with Crippen LogP contribution in [0.25, 0.3) is 10.9 Å². The van der Waals surface area contributed by atoms with E-state index in [9.17, 15) is 9.59 Å². The van der Waals surface area contributed by atoms with E-state index in [0.29, 0.717) is 5.56 Å². The van der Waals surface area contributed by atoms with Crippen molar-refractivity contribution in [2.24, 2.45) is 4.99 Å². The Bertz CT molecular complexity index is 818. The summed E-state index contributed by atoms with van der Waals surface area (Å²) in [4.78, 5) is 28.0. The average Bonchev–Trinajstić information content (AvgIpc) is 3.01. The Morgan fingerprint density at radius 1 is 1.39 bits per heavy atom. The molecule has 0 saturated carbocycles. The molecule has 0 atom stereocenters. The molecule has 2 aromatic rings. The summed E-state index contributed by atoms with van der Waals surface area (Å²) in [5.41, 5.74) is 1.49. The summed E-state index contributed by atoms with van der Waals surface area (Å²) >= 11 is 5.97. The average molecular weight is 330 g/mol. The van der Waals surface area contributed by atoms with E-state index in [1.807, 2.05) is 0 Å². The summed E-state index contributed by atoms with van der Waals surface area (Å²) in [6, 6.07) is 5.25. The lowest BCUT2D eigenvalue weighted by Gasteiger charge is -2.03. The smallest absolute Gasteiger partial charge is 0.183 e. The lowest BCUT2D eigenvalue weighted by molar-refractivity contribution is -0.115. The summed E-state index contributed by atoms with van der Waals surface area (Å²) in [5, 5.41) is 7.81. The number of carbonyl (C=O) groups is 2. The zero-order chi connectivity index (χ0) is 16.8. The van der Waals surface area contributed by atoms with Crippen molar-refractivity contribution in [2.75, 3.05) is 0 Å². The lowest BCUT2D eigenvalue weighted by Crippen LogP contribution is -2.07. The fourth-order valence-electron chi connectivity index (χ4n) is 2.13. The fourth-order valence-corrected chi connectivity index (χ4v) is 2.42. The van der Waals surface area contributed by atoms with Crippen molar-refractivity contribution in [3.8, 4) is 0 Å². The SMILES string of the molecule is C=N/C(C(=O)CCC(=O)c1ccc2[nH]ncc2c1)=C(Cl)\C=C/C. The molecule has 0 amide bonds. The van der Waals surface area contributed by atoms with Gasteiger partial charge < -0.3 is 0 Å². The number of aliphatic imine (C=N–C) groups is 1. The van der Waals surface area contributed by atoms with Crippen molar-refractivity contribution in [3.05, 3.63) is 52.8 Å². The van der Waals surface area contributed by atoms with Gasteiger partial charge in [0.15, 0.2) is 11.6 Å². The van der Waals surface area contributed by atoms with Crippen molar-refractivity contribution in [3.63, 3.8) is 0 Å². The molecule has 0 fully saturated rings. The highest BCUT2D eigenvalue weighted by Gasteiger charge is 2.15. The maximum atomic E-state index is 12.2. The Morgan fingerprint density at radius 2 is 2.17 bits per heavy atom. The number of hydrogen-bond acceptors (Lipinski definition) is 4. The largest absolute Gasteiger partial charge is 0.294 e. The summed E-state index contributed by atoms with van der Waals surface area (Å²) in [5.74, 6) is -0.423. The van der Waals surface area contributed by atoms with Crippen molar-refractivity contribution >= 4 is 40.8 Å². The number of aromatic nitrogens is 2. The number of aromatic amines is 1. The van der Waals surface area contributed by atoms with Crippen LogP contribution >= 0.6 is 11.6 Å². The molecule has 0 aliphatic rings. The van der Waals surface area contributed by atoms with E-state index in [-0.39, 0.29) is 35.1 Å². The standard InChI is InChI=1S/C17H16ClN3O2/c1-3-4-13(18)17(19-2)16(23)8-7-15(22)11-5-6-14-12(9-11)10-20-21-14/h3-6,9-10H,2,7-8H2,1H3,(H,20,21)/b4-3-,17-13+. The first kappa shape index (κ1) is 16.8. The van der Waals surface area contributed by atoms with Crippen LogP contribution in [-0.4, -0.2) is 28.5 Å². The molecule has 0 bridgehead atoms. The minimum Gasteiger partial charge on any atom is -0.294 e. The molecule has 118 valence electrons. The number of ketones is 2. The number of carbonyl (C=O) groups excluding carboxylic acids is 2. The first-order chi connectivity index (χ1) is 11.1. The third-order valence-electron chi connectivity index (χ3n) is 3.30. The second kappa shape index (κ2) is 7.65. The molecule has 6 heteroatoms. The van der Waals surface area contributed by atoms with E-state index in [0.717, 1.165) is 10.9 Å². The molecule has 2 rings (SSSR count). The van der Waals surface area contributed by atoms with Crippen molar-refractivity contribution in [2.45, 2.75) is 19.8 Å². The number of halogens is 1. The second-order valence-corrected chi connectivity index (χ2v) is 5.28. The Morgan fingerprint density at radius 3 is 2.87 bits per heavy atom. The van der Waals surface area contributed by atoms with Crippen LogP contribution in [0.1, 0.15) is 30.1 Å². The number of Topliss-reactive ketones (excluding diaryl/α,β-unsaturated/α-hetero) is 2. The highest BCUT2D eigenvalue weighted by Crippen LogP contribution is 2.18.